The van der Waals surface area contributed by atoms with Crippen molar-refractivity contribution in [2.24, 2.45) is 0 Å². The van der Waals surface area contributed by atoms with Gasteiger partial charge in [0.2, 0.25) is 10.0 Å². The Labute approximate surface area is 224 Å². The highest BCUT2D eigenvalue weighted by Crippen LogP contribution is 2.26. The third-order valence-corrected chi connectivity index (χ3v) is 8.67. The lowest BCUT2D eigenvalue weighted by Gasteiger charge is -2.35. The molecule has 1 fully saturated rings. The van der Waals surface area contributed by atoms with Crippen LogP contribution in [0.15, 0.2) is 83.8 Å². The van der Waals surface area contributed by atoms with Gasteiger partial charge in [0.05, 0.1) is 10.5 Å². The molecule has 0 aromatic heterocycles. The summed E-state index contributed by atoms with van der Waals surface area (Å²) in [5.74, 6) is -0.962. The summed E-state index contributed by atoms with van der Waals surface area (Å²) in [6.45, 7) is 5.49. The minimum absolute atomic E-state index is 0.0204. The summed E-state index contributed by atoms with van der Waals surface area (Å²) in [5.41, 5.74) is 2.82. The second-order valence-corrected chi connectivity index (χ2v) is 11.2. The van der Waals surface area contributed by atoms with E-state index in [9.17, 15) is 18.0 Å². The monoisotopic (exact) mass is 535 g/mol. The maximum Gasteiger partial charge on any atom is 0.338 e. The first kappa shape index (κ1) is 27.3. The molecule has 8 nitrogen and oxygen atoms in total. The highest BCUT2D eigenvalue weighted by Gasteiger charge is 2.29. The minimum Gasteiger partial charge on any atom is -0.452 e. The number of rotatable bonds is 9. The maximum absolute atomic E-state index is 13.3. The molecule has 4 rings (SSSR count). The average Bonchev–Trinajstić information content (AvgIpc) is 2.96. The topological polar surface area (TPSA) is 96.0 Å². The molecular weight excluding hydrogens is 502 g/mol. The number of sulfonamides is 1. The number of anilines is 2. The van der Waals surface area contributed by atoms with Crippen LogP contribution in [-0.4, -0.2) is 57.4 Å². The van der Waals surface area contributed by atoms with Crippen LogP contribution in [0.2, 0.25) is 0 Å². The van der Waals surface area contributed by atoms with Gasteiger partial charge in [-0.15, -0.1) is 0 Å². The van der Waals surface area contributed by atoms with Crippen LogP contribution in [0.3, 0.4) is 0 Å². The number of piperazine rings is 1. The van der Waals surface area contributed by atoms with Crippen molar-refractivity contribution >= 4 is 33.3 Å². The van der Waals surface area contributed by atoms with Crippen LogP contribution in [0.25, 0.3) is 0 Å². The Morgan fingerprint density at radius 2 is 1.61 bits per heavy atom. The molecule has 1 aliphatic heterocycles. The van der Waals surface area contributed by atoms with Crippen molar-refractivity contribution in [1.82, 2.24) is 4.31 Å². The van der Waals surface area contributed by atoms with Crippen molar-refractivity contribution in [2.75, 3.05) is 43.0 Å². The van der Waals surface area contributed by atoms with Crippen LogP contribution in [0.1, 0.15) is 42.1 Å². The van der Waals surface area contributed by atoms with E-state index in [1.165, 1.54) is 28.6 Å². The molecule has 0 bridgehead atoms. The Balaban J connectivity index is 1.36. The van der Waals surface area contributed by atoms with Gasteiger partial charge in [-0.3, -0.25) is 4.79 Å². The number of carbonyl (C=O) groups is 2. The summed E-state index contributed by atoms with van der Waals surface area (Å²) in [4.78, 5) is 27.3. The number of hydrogen-bond donors (Lipinski definition) is 1. The summed E-state index contributed by atoms with van der Waals surface area (Å²) < 4.78 is 33.2. The van der Waals surface area contributed by atoms with E-state index in [1.54, 1.807) is 0 Å². The van der Waals surface area contributed by atoms with Crippen LogP contribution in [0.5, 0.6) is 0 Å². The van der Waals surface area contributed by atoms with Gasteiger partial charge in [-0.2, -0.15) is 4.31 Å². The molecule has 200 valence electrons. The van der Waals surface area contributed by atoms with E-state index in [2.05, 4.69) is 24.1 Å². The van der Waals surface area contributed by atoms with E-state index in [-0.39, 0.29) is 16.4 Å². The Kier molecular flexibility index (Phi) is 8.81. The number of para-hydroxylation sites is 2. The van der Waals surface area contributed by atoms with E-state index < -0.39 is 28.5 Å². The predicted molar refractivity (Wildman–Crippen MR) is 148 cm³/mol. The fourth-order valence-electron chi connectivity index (χ4n) is 4.42. The molecule has 1 amide bonds. The minimum atomic E-state index is -3.79. The molecule has 0 aliphatic carbocycles. The Hall–Kier alpha value is -3.69. The number of nitrogens with zero attached hydrogens (tertiary/aromatic N) is 2. The number of amides is 1. The van der Waals surface area contributed by atoms with E-state index >= 15 is 0 Å². The molecule has 0 unspecified atom stereocenters. The zero-order valence-corrected chi connectivity index (χ0v) is 22.5. The molecular formula is C29H33N3O5S. The van der Waals surface area contributed by atoms with Gasteiger partial charge in [-0.25, -0.2) is 13.2 Å². The number of carbonyl (C=O) groups excluding carboxylic acids is 2. The van der Waals surface area contributed by atoms with Crippen molar-refractivity contribution in [3.63, 3.8) is 0 Å². The first-order valence-electron chi connectivity index (χ1n) is 12.8. The lowest BCUT2D eigenvalue weighted by molar-refractivity contribution is -0.119. The molecule has 9 heteroatoms. The molecule has 0 saturated carbocycles. The third-order valence-electron chi connectivity index (χ3n) is 6.78. The van der Waals surface area contributed by atoms with Gasteiger partial charge < -0.3 is 15.0 Å². The van der Waals surface area contributed by atoms with Gasteiger partial charge in [-0.1, -0.05) is 56.3 Å². The summed E-state index contributed by atoms with van der Waals surface area (Å²) in [6.07, 6.45) is 0.920. The van der Waals surface area contributed by atoms with E-state index in [0.29, 0.717) is 31.9 Å². The molecule has 1 atom stereocenters. The number of ether oxygens (including phenoxy) is 1. The summed E-state index contributed by atoms with van der Waals surface area (Å²) in [7, 11) is -3.79. The third kappa shape index (κ3) is 6.41. The fraction of sp³-hybridized carbons (Fsp3) is 0.310. The average molecular weight is 536 g/mol. The Bertz CT molecular complexity index is 1370. The number of nitrogens with one attached hydrogen (secondary N) is 1. The first-order valence-corrected chi connectivity index (χ1v) is 14.2. The normalized spacial score (nSPS) is 15.1. The van der Waals surface area contributed by atoms with Gasteiger partial charge in [0.15, 0.2) is 6.61 Å². The summed E-state index contributed by atoms with van der Waals surface area (Å²) >= 11 is 0. The molecule has 0 spiro atoms. The highest BCUT2D eigenvalue weighted by atomic mass is 32.2. The lowest BCUT2D eigenvalue weighted by Crippen LogP contribution is -2.48. The maximum atomic E-state index is 13.3. The van der Waals surface area contributed by atoms with E-state index in [4.69, 9.17) is 4.74 Å². The smallest absolute Gasteiger partial charge is 0.338 e. The highest BCUT2D eigenvalue weighted by molar-refractivity contribution is 7.89. The first-order chi connectivity index (χ1) is 18.3. The van der Waals surface area contributed by atoms with Crippen molar-refractivity contribution in [3.05, 3.63) is 90.0 Å². The van der Waals surface area contributed by atoms with Crippen molar-refractivity contribution < 1.29 is 22.7 Å². The van der Waals surface area contributed by atoms with Crippen LogP contribution in [0.4, 0.5) is 11.4 Å². The van der Waals surface area contributed by atoms with Crippen LogP contribution >= 0.6 is 0 Å². The summed E-state index contributed by atoms with van der Waals surface area (Å²) in [5, 5.41) is 2.80. The zero-order valence-electron chi connectivity index (χ0n) is 21.7. The largest absolute Gasteiger partial charge is 0.452 e. The van der Waals surface area contributed by atoms with Crippen LogP contribution in [0, 0.1) is 0 Å². The van der Waals surface area contributed by atoms with E-state index in [0.717, 1.165) is 17.7 Å². The molecule has 1 heterocycles. The molecule has 1 N–H and O–H groups in total. The van der Waals surface area contributed by atoms with Gasteiger partial charge in [0.25, 0.3) is 5.91 Å². The fourth-order valence-corrected chi connectivity index (χ4v) is 5.89. The molecule has 1 saturated heterocycles. The Morgan fingerprint density at radius 1 is 0.921 bits per heavy atom. The van der Waals surface area contributed by atoms with Gasteiger partial charge >= 0.3 is 5.97 Å². The number of hydrogen-bond acceptors (Lipinski definition) is 6. The number of esters is 1. The van der Waals surface area contributed by atoms with Gasteiger partial charge in [0, 0.05) is 37.6 Å². The SMILES string of the molecule is CC[C@H](C)c1ccccc1NC(=O)COC(=O)c1cccc(S(=O)(=O)N2CCN(c3ccccc3)CC2)c1. The van der Waals surface area contributed by atoms with Gasteiger partial charge in [-0.05, 0) is 54.3 Å². The second-order valence-electron chi connectivity index (χ2n) is 9.28. The zero-order chi connectivity index (χ0) is 27.1. The van der Waals surface area contributed by atoms with Crippen LogP contribution in [-0.2, 0) is 19.6 Å². The van der Waals surface area contributed by atoms with Gasteiger partial charge in [0.1, 0.15) is 0 Å². The molecule has 0 radical (unpaired) electrons. The van der Waals surface area contributed by atoms with Crippen molar-refractivity contribution in [3.8, 4) is 0 Å². The molecule has 3 aromatic rings. The standard InChI is InChI=1S/C29H33N3O5S/c1-3-22(2)26-14-7-8-15-27(26)30-28(33)21-37-29(34)23-10-9-13-25(20-23)38(35,36)32-18-16-31(17-19-32)24-11-5-4-6-12-24/h4-15,20,22H,3,16-19,21H2,1-2H3,(H,30,33)/t22-/m0/s1. The molecule has 38 heavy (non-hydrogen) atoms. The van der Waals surface area contributed by atoms with Crippen LogP contribution < -0.4 is 10.2 Å². The summed E-state index contributed by atoms with van der Waals surface area (Å²) in [6, 6.07) is 23.1. The predicted octanol–water partition coefficient (Wildman–Crippen LogP) is 4.51. The molecule has 3 aromatic carbocycles. The second kappa shape index (κ2) is 12.2. The lowest BCUT2D eigenvalue weighted by atomic mass is 9.97. The van der Waals surface area contributed by atoms with Crippen molar-refractivity contribution in [1.29, 1.82) is 0 Å². The number of benzene rings is 3. The molecule has 1 aliphatic rings. The quantitative estimate of drug-likeness (QED) is 0.405. The van der Waals surface area contributed by atoms with E-state index in [1.807, 2.05) is 54.6 Å². The Morgan fingerprint density at radius 3 is 2.32 bits per heavy atom. The van der Waals surface area contributed by atoms with Crippen molar-refractivity contribution in [2.45, 2.75) is 31.1 Å².